The summed E-state index contributed by atoms with van der Waals surface area (Å²) in [6.45, 7) is 5.48. The number of rotatable bonds is 2. The Morgan fingerprint density at radius 2 is 1.88 bits per heavy atom. The molecule has 0 saturated carbocycles. The maximum Gasteiger partial charge on any atom is 0.244 e. The van der Waals surface area contributed by atoms with Crippen LogP contribution < -0.4 is 0 Å². The number of sulfonamides is 1. The first kappa shape index (κ1) is 13.4. The Bertz CT molecular complexity index is 463. The van der Waals surface area contributed by atoms with Crippen LogP contribution in [0.2, 0.25) is 5.15 Å². The lowest BCUT2D eigenvalue weighted by Gasteiger charge is -2.30. The molecule has 0 bridgehead atoms. The maximum absolute atomic E-state index is 12.1. The highest BCUT2D eigenvalue weighted by molar-refractivity contribution is 7.89. The second kappa shape index (κ2) is 4.31. The van der Waals surface area contributed by atoms with Crippen molar-refractivity contribution in [3.05, 3.63) is 23.5 Å². The van der Waals surface area contributed by atoms with Crippen LogP contribution in [0.4, 0.5) is 0 Å². The van der Waals surface area contributed by atoms with Crippen LogP contribution >= 0.6 is 11.6 Å². The molecule has 0 radical (unpaired) electrons. The van der Waals surface area contributed by atoms with E-state index in [1.54, 1.807) is 7.05 Å². The third kappa shape index (κ3) is 2.72. The van der Waals surface area contributed by atoms with E-state index in [1.165, 1.54) is 22.6 Å². The van der Waals surface area contributed by atoms with Gasteiger partial charge in [0.05, 0.1) is 0 Å². The van der Waals surface area contributed by atoms with Crippen molar-refractivity contribution in [3.8, 4) is 0 Å². The zero-order valence-corrected chi connectivity index (χ0v) is 11.3. The fourth-order valence-corrected chi connectivity index (χ4v) is 2.61. The molecule has 1 heterocycles. The van der Waals surface area contributed by atoms with Crippen LogP contribution in [0, 0.1) is 0 Å². The van der Waals surface area contributed by atoms with Gasteiger partial charge in [0.25, 0.3) is 0 Å². The fraction of sp³-hybridized carbons (Fsp3) is 0.500. The first-order chi connectivity index (χ1) is 7.15. The van der Waals surface area contributed by atoms with E-state index in [-0.39, 0.29) is 10.0 Å². The fourth-order valence-electron chi connectivity index (χ4n) is 1.03. The van der Waals surface area contributed by atoms with Crippen LogP contribution in [-0.2, 0) is 10.0 Å². The Balaban J connectivity index is 3.17. The van der Waals surface area contributed by atoms with Gasteiger partial charge in [-0.3, -0.25) is 0 Å². The van der Waals surface area contributed by atoms with Gasteiger partial charge in [-0.25, -0.2) is 13.4 Å². The molecule has 1 aromatic heterocycles. The van der Waals surface area contributed by atoms with Gasteiger partial charge in [-0.15, -0.1) is 0 Å². The molecular weight excluding hydrogens is 248 g/mol. The number of nitrogens with zero attached hydrogens (tertiary/aromatic N) is 2. The topological polar surface area (TPSA) is 50.3 Å². The van der Waals surface area contributed by atoms with E-state index in [0.29, 0.717) is 0 Å². The Labute approximate surface area is 101 Å². The summed E-state index contributed by atoms with van der Waals surface area (Å²) in [5.74, 6) is 0. The van der Waals surface area contributed by atoms with Crippen LogP contribution in [0.25, 0.3) is 0 Å². The van der Waals surface area contributed by atoms with Gasteiger partial charge in [-0.1, -0.05) is 11.6 Å². The molecule has 0 aromatic carbocycles. The number of hydrogen-bond donors (Lipinski definition) is 0. The smallest absolute Gasteiger partial charge is 0.243 e. The molecule has 0 aliphatic heterocycles. The highest BCUT2D eigenvalue weighted by atomic mass is 35.5. The molecule has 0 N–H and O–H groups in total. The number of hydrogen-bond acceptors (Lipinski definition) is 3. The summed E-state index contributed by atoms with van der Waals surface area (Å²) in [4.78, 5) is 3.92. The minimum Gasteiger partial charge on any atom is -0.243 e. The van der Waals surface area contributed by atoms with Gasteiger partial charge in [0, 0.05) is 18.8 Å². The number of pyridine rings is 1. The summed E-state index contributed by atoms with van der Waals surface area (Å²) >= 11 is 5.61. The summed E-state index contributed by atoms with van der Waals surface area (Å²) < 4.78 is 25.6. The second-order valence-corrected chi connectivity index (χ2v) is 6.82. The number of halogens is 1. The standard InChI is InChI=1S/C10H15ClN2O2S/c1-10(2,3)13(4)16(14,15)8-5-6-9(11)12-7-8/h5-7H,1-4H3. The van der Waals surface area contributed by atoms with E-state index >= 15 is 0 Å². The van der Waals surface area contributed by atoms with E-state index < -0.39 is 15.6 Å². The molecule has 90 valence electrons. The molecule has 0 atom stereocenters. The molecule has 0 aliphatic rings. The lowest BCUT2D eigenvalue weighted by molar-refractivity contribution is 0.291. The van der Waals surface area contributed by atoms with Gasteiger partial charge in [0.15, 0.2) is 0 Å². The average molecular weight is 263 g/mol. The lowest BCUT2D eigenvalue weighted by Crippen LogP contribution is -2.42. The van der Waals surface area contributed by atoms with Crippen molar-refractivity contribution in [1.82, 2.24) is 9.29 Å². The summed E-state index contributed by atoms with van der Waals surface area (Å²) in [6, 6.07) is 2.91. The SMILES string of the molecule is CN(C(C)(C)C)S(=O)(=O)c1ccc(Cl)nc1. The molecule has 1 aromatic rings. The molecule has 16 heavy (non-hydrogen) atoms. The van der Waals surface area contributed by atoms with Crippen LogP contribution in [0.5, 0.6) is 0 Å². The lowest BCUT2D eigenvalue weighted by atomic mass is 10.1. The average Bonchev–Trinajstić information content (AvgIpc) is 2.16. The summed E-state index contributed by atoms with van der Waals surface area (Å²) in [5, 5.41) is 0.275. The van der Waals surface area contributed by atoms with E-state index in [4.69, 9.17) is 11.6 Å². The Hall–Kier alpha value is -0.650. The summed E-state index contributed by atoms with van der Waals surface area (Å²) in [6.07, 6.45) is 1.26. The normalized spacial score (nSPS) is 13.1. The largest absolute Gasteiger partial charge is 0.244 e. The predicted octanol–water partition coefficient (Wildman–Crippen LogP) is 2.15. The minimum absolute atomic E-state index is 0.148. The van der Waals surface area contributed by atoms with Gasteiger partial charge in [-0.05, 0) is 32.9 Å². The third-order valence-electron chi connectivity index (χ3n) is 2.30. The highest BCUT2D eigenvalue weighted by Gasteiger charge is 2.30. The molecule has 0 fully saturated rings. The molecule has 1 rings (SSSR count). The molecule has 0 unspecified atom stereocenters. The quantitative estimate of drug-likeness (QED) is 0.768. The van der Waals surface area contributed by atoms with Crippen molar-refractivity contribution < 1.29 is 8.42 Å². The predicted molar refractivity (Wildman–Crippen MR) is 63.9 cm³/mol. The van der Waals surface area contributed by atoms with Gasteiger partial charge in [0.1, 0.15) is 10.0 Å². The van der Waals surface area contributed by atoms with Crippen molar-refractivity contribution in [3.63, 3.8) is 0 Å². The van der Waals surface area contributed by atoms with Crippen molar-refractivity contribution in [2.24, 2.45) is 0 Å². The van der Waals surface area contributed by atoms with Crippen LogP contribution in [0.3, 0.4) is 0 Å². The van der Waals surface area contributed by atoms with Crippen molar-refractivity contribution in [2.45, 2.75) is 31.2 Å². The Morgan fingerprint density at radius 3 is 2.25 bits per heavy atom. The van der Waals surface area contributed by atoms with Crippen LogP contribution in [-0.4, -0.2) is 30.3 Å². The van der Waals surface area contributed by atoms with Crippen molar-refractivity contribution in [2.75, 3.05) is 7.05 Å². The van der Waals surface area contributed by atoms with E-state index in [9.17, 15) is 8.42 Å². The van der Waals surface area contributed by atoms with Crippen molar-refractivity contribution in [1.29, 1.82) is 0 Å². The van der Waals surface area contributed by atoms with Crippen LogP contribution in [0.1, 0.15) is 20.8 Å². The zero-order chi connectivity index (χ0) is 12.6. The zero-order valence-electron chi connectivity index (χ0n) is 9.73. The molecule has 0 saturated heterocycles. The Morgan fingerprint density at radius 1 is 1.31 bits per heavy atom. The molecule has 0 aliphatic carbocycles. The maximum atomic E-state index is 12.1. The molecule has 4 nitrogen and oxygen atoms in total. The Kier molecular flexibility index (Phi) is 3.62. The second-order valence-electron chi connectivity index (χ2n) is 4.46. The van der Waals surface area contributed by atoms with Gasteiger partial charge >= 0.3 is 0 Å². The molecular formula is C10H15ClN2O2S. The van der Waals surface area contributed by atoms with Gasteiger partial charge in [-0.2, -0.15) is 4.31 Å². The minimum atomic E-state index is -3.50. The number of aromatic nitrogens is 1. The first-order valence-electron chi connectivity index (χ1n) is 4.76. The monoisotopic (exact) mass is 262 g/mol. The van der Waals surface area contributed by atoms with Crippen LogP contribution in [0.15, 0.2) is 23.2 Å². The molecule has 6 heteroatoms. The highest BCUT2D eigenvalue weighted by Crippen LogP contribution is 2.22. The van der Waals surface area contributed by atoms with E-state index in [1.807, 2.05) is 20.8 Å². The first-order valence-corrected chi connectivity index (χ1v) is 6.58. The van der Waals surface area contributed by atoms with E-state index in [2.05, 4.69) is 4.98 Å². The molecule has 0 amide bonds. The van der Waals surface area contributed by atoms with E-state index in [0.717, 1.165) is 0 Å². The summed E-state index contributed by atoms with van der Waals surface area (Å²) in [7, 11) is -1.96. The molecule has 0 spiro atoms. The van der Waals surface area contributed by atoms with Gasteiger partial charge < -0.3 is 0 Å². The van der Waals surface area contributed by atoms with Gasteiger partial charge in [0.2, 0.25) is 10.0 Å². The summed E-state index contributed by atoms with van der Waals surface area (Å²) in [5.41, 5.74) is -0.474. The van der Waals surface area contributed by atoms with Crippen molar-refractivity contribution >= 4 is 21.6 Å². The third-order valence-corrected chi connectivity index (χ3v) is 4.63.